The molecule has 0 amide bonds. The molecule has 0 bridgehead atoms. The van der Waals surface area contributed by atoms with Crippen LogP contribution in [0.4, 0.5) is 10.1 Å². The van der Waals surface area contributed by atoms with Crippen LogP contribution in [0.2, 0.25) is 0 Å². The Bertz CT molecular complexity index is 637. The minimum absolute atomic E-state index is 0.153. The Balaban J connectivity index is 1.92. The van der Waals surface area contributed by atoms with Gasteiger partial charge in [-0.15, -0.1) is 0 Å². The van der Waals surface area contributed by atoms with Crippen molar-refractivity contribution in [1.29, 1.82) is 0 Å². The molecule has 3 N–H and O–H groups in total. The molecule has 0 atom stereocenters. The molecule has 0 saturated carbocycles. The third-order valence-corrected chi connectivity index (χ3v) is 3.77. The molecule has 2 aromatic rings. The van der Waals surface area contributed by atoms with Gasteiger partial charge in [0.15, 0.2) is 5.82 Å². The number of thiocarbonyl (C=S) groups is 1. The molecule has 0 spiro atoms. The van der Waals surface area contributed by atoms with E-state index < -0.39 is 5.82 Å². The van der Waals surface area contributed by atoms with Gasteiger partial charge in [0.05, 0.1) is 10.2 Å². The summed E-state index contributed by atoms with van der Waals surface area (Å²) in [4.78, 5) is 0.153. The zero-order chi connectivity index (χ0) is 15.2. The monoisotopic (exact) mass is 368 g/mol. The van der Waals surface area contributed by atoms with Crippen LogP contribution in [-0.2, 0) is 0 Å². The molecular weight excluding hydrogens is 355 g/mol. The van der Waals surface area contributed by atoms with Gasteiger partial charge in [-0.2, -0.15) is 0 Å². The lowest BCUT2D eigenvalue weighted by Crippen LogP contribution is -2.14. The van der Waals surface area contributed by atoms with Crippen molar-refractivity contribution in [3.63, 3.8) is 0 Å². The van der Waals surface area contributed by atoms with Gasteiger partial charge in [0.2, 0.25) is 0 Å². The van der Waals surface area contributed by atoms with Crippen LogP contribution in [0.3, 0.4) is 0 Å². The molecule has 6 heteroatoms. The fraction of sp³-hybridized carbons (Fsp3) is 0.133. The summed E-state index contributed by atoms with van der Waals surface area (Å²) in [6.45, 7) is 0.906. The summed E-state index contributed by atoms with van der Waals surface area (Å²) >= 11 is 8.02. The fourth-order valence-electron chi connectivity index (χ4n) is 1.75. The number of anilines is 1. The summed E-state index contributed by atoms with van der Waals surface area (Å²) in [6.07, 6.45) is 0. The maximum atomic E-state index is 14.1. The summed E-state index contributed by atoms with van der Waals surface area (Å²) in [5, 5.41) is 2.98. The largest absolute Gasteiger partial charge is 0.492 e. The number of benzene rings is 2. The highest BCUT2D eigenvalue weighted by Gasteiger charge is 2.12. The molecule has 0 fully saturated rings. The van der Waals surface area contributed by atoms with E-state index in [1.54, 1.807) is 12.1 Å². The van der Waals surface area contributed by atoms with Crippen molar-refractivity contribution < 1.29 is 9.13 Å². The quantitative estimate of drug-likeness (QED) is 0.602. The van der Waals surface area contributed by atoms with Crippen LogP contribution in [0.25, 0.3) is 0 Å². The highest BCUT2D eigenvalue weighted by molar-refractivity contribution is 9.10. The Kier molecular flexibility index (Phi) is 5.52. The second kappa shape index (κ2) is 7.38. The average Bonchev–Trinajstić information content (AvgIpc) is 2.48. The Morgan fingerprint density at radius 2 is 1.95 bits per heavy atom. The number of ether oxygens (including phenoxy) is 1. The number of hydrogen-bond acceptors (Lipinski definition) is 3. The van der Waals surface area contributed by atoms with E-state index in [-0.39, 0.29) is 9.46 Å². The van der Waals surface area contributed by atoms with Gasteiger partial charge in [-0.1, -0.05) is 30.4 Å². The molecule has 0 aliphatic rings. The molecule has 0 aromatic heterocycles. The van der Waals surface area contributed by atoms with E-state index in [2.05, 4.69) is 21.2 Å². The maximum Gasteiger partial charge on any atom is 0.161 e. The smallest absolute Gasteiger partial charge is 0.161 e. The van der Waals surface area contributed by atoms with Crippen molar-refractivity contribution in [1.82, 2.24) is 0 Å². The van der Waals surface area contributed by atoms with E-state index in [1.165, 1.54) is 0 Å². The molecule has 0 aliphatic carbocycles. The molecule has 2 aromatic carbocycles. The van der Waals surface area contributed by atoms with Gasteiger partial charge in [0, 0.05) is 12.1 Å². The van der Waals surface area contributed by atoms with Crippen molar-refractivity contribution >= 4 is 38.8 Å². The van der Waals surface area contributed by atoms with E-state index in [1.807, 2.05) is 30.3 Å². The van der Waals surface area contributed by atoms with Crippen LogP contribution in [0.1, 0.15) is 5.56 Å². The first-order valence-corrected chi connectivity index (χ1v) is 7.49. The number of halogens is 2. The third kappa shape index (κ3) is 4.15. The second-order valence-electron chi connectivity index (χ2n) is 4.24. The van der Waals surface area contributed by atoms with Crippen LogP contribution in [0.5, 0.6) is 5.75 Å². The normalized spacial score (nSPS) is 10.2. The van der Waals surface area contributed by atoms with Crippen molar-refractivity contribution in [3.05, 3.63) is 58.3 Å². The summed E-state index contributed by atoms with van der Waals surface area (Å²) in [6, 6.07) is 12.7. The maximum absolute atomic E-state index is 14.1. The van der Waals surface area contributed by atoms with Gasteiger partial charge in [-0.25, -0.2) is 4.39 Å². The molecule has 0 heterocycles. The predicted molar refractivity (Wildman–Crippen MR) is 90.4 cm³/mol. The molecule has 2 rings (SSSR count). The Labute approximate surface area is 136 Å². The molecule has 110 valence electrons. The van der Waals surface area contributed by atoms with Crippen molar-refractivity contribution in [2.75, 3.05) is 18.5 Å². The van der Waals surface area contributed by atoms with Crippen molar-refractivity contribution in [2.45, 2.75) is 0 Å². The molecule has 0 radical (unpaired) electrons. The Hall–Kier alpha value is -1.66. The van der Waals surface area contributed by atoms with E-state index in [9.17, 15) is 4.39 Å². The number of hydrogen-bond donors (Lipinski definition) is 2. The van der Waals surface area contributed by atoms with Crippen LogP contribution >= 0.6 is 28.1 Å². The SMILES string of the molecule is NC(=S)c1ccc(NCCOc2ccccc2)c(F)c1Br. The summed E-state index contributed by atoms with van der Waals surface area (Å²) in [5.74, 6) is 0.366. The fourth-order valence-corrected chi connectivity index (χ4v) is 2.61. The molecule has 3 nitrogen and oxygen atoms in total. The number of para-hydroxylation sites is 1. The molecule has 0 aliphatic heterocycles. The first-order valence-electron chi connectivity index (χ1n) is 6.29. The van der Waals surface area contributed by atoms with Crippen molar-refractivity contribution in [2.24, 2.45) is 5.73 Å². The van der Waals surface area contributed by atoms with Gasteiger partial charge in [-0.05, 0) is 40.2 Å². The topological polar surface area (TPSA) is 47.3 Å². The zero-order valence-corrected chi connectivity index (χ0v) is 13.5. The van der Waals surface area contributed by atoms with Crippen LogP contribution < -0.4 is 15.8 Å². The van der Waals surface area contributed by atoms with Gasteiger partial charge in [-0.3, -0.25) is 0 Å². The summed E-state index contributed by atoms with van der Waals surface area (Å²) in [7, 11) is 0. The zero-order valence-electron chi connectivity index (χ0n) is 11.1. The van der Waals surface area contributed by atoms with Crippen LogP contribution in [0.15, 0.2) is 46.9 Å². The number of nitrogens with two attached hydrogens (primary N) is 1. The molecular formula is C15H14BrFN2OS. The minimum Gasteiger partial charge on any atom is -0.492 e. The van der Waals surface area contributed by atoms with E-state index in [0.717, 1.165) is 5.75 Å². The lowest BCUT2D eigenvalue weighted by Gasteiger charge is -2.12. The van der Waals surface area contributed by atoms with Gasteiger partial charge >= 0.3 is 0 Å². The Morgan fingerprint density at radius 3 is 2.62 bits per heavy atom. The molecule has 0 unspecified atom stereocenters. The van der Waals surface area contributed by atoms with Gasteiger partial charge in [0.1, 0.15) is 17.3 Å². The molecule has 0 saturated heterocycles. The molecule has 21 heavy (non-hydrogen) atoms. The number of nitrogens with one attached hydrogen (secondary N) is 1. The lowest BCUT2D eigenvalue weighted by molar-refractivity contribution is 0.332. The standard InChI is InChI=1S/C15H14BrFN2OS/c16-13-11(15(18)21)6-7-12(14(13)17)19-8-9-20-10-4-2-1-3-5-10/h1-7,19H,8-9H2,(H2,18,21). The van der Waals surface area contributed by atoms with Crippen LogP contribution in [0, 0.1) is 5.82 Å². The second-order valence-corrected chi connectivity index (χ2v) is 5.47. The lowest BCUT2D eigenvalue weighted by atomic mass is 10.2. The first kappa shape index (κ1) is 15.7. The number of rotatable bonds is 6. The van der Waals surface area contributed by atoms with Crippen LogP contribution in [-0.4, -0.2) is 18.1 Å². The summed E-state index contributed by atoms with van der Waals surface area (Å²) in [5.41, 5.74) is 6.37. The van der Waals surface area contributed by atoms with E-state index in [0.29, 0.717) is 24.4 Å². The van der Waals surface area contributed by atoms with E-state index >= 15 is 0 Å². The Morgan fingerprint density at radius 1 is 1.24 bits per heavy atom. The van der Waals surface area contributed by atoms with Gasteiger partial charge < -0.3 is 15.8 Å². The highest BCUT2D eigenvalue weighted by Crippen LogP contribution is 2.26. The summed E-state index contributed by atoms with van der Waals surface area (Å²) < 4.78 is 19.9. The predicted octanol–water partition coefficient (Wildman–Crippen LogP) is 3.71. The minimum atomic E-state index is -0.417. The average molecular weight is 369 g/mol. The highest BCUT2D eigenvalue weighted by atomic mass is 79.9. The van der Waals surface area contributed by atoms with E-state index in [4.69, 9.17) is 22.7 Å². The van der Waals surface area contributed by atoms with Crippen molar-refractivity contribution in [3.8, 4) is 5.75 Å². The third-order valence-electron chi connectivity index (χ3n) is 2.78. The van der Waals surface area contributed by atoms with Gasteiger partial charge in [0.25, 0.3) is 0 Å². The first-order chi connectivity index (χ1) is 10.1.